The van der Waals surface area contributed by atoms with Crippen LogP contribution in [0.2, 0.25) is 15.5 Å². The van der Waals surface area contributed by atoms with E-state index >= 15 is 0 Å². The first-order chi connectivity index (χ1) is 11.2. The van der Waals surface area contributed by atoms with Gasteiger partial charge in [-0.05, 0) is 29.1 Å². The number of nitrogens with two attached hydrogens (primary N) is 1. The van der Waals surface area contributed by atoms with Crippen molar-refractivity contribution in [3.8, 4) is 11.3 Å². The number of fused-ring (bicyclic) bond motifs is 1. The predicted octanol–water partition coefficient (Wildman–Crippen LogP) is 0.747. The van der Waals surface area contributed by atoms with Gasteiger partial charge in [-0.15, -0.1) is 0 Å². The molecule has 0 unspecified atom stereocenters. The van der Waals surface area contributed by atoms with E-state index in [0.717, 1.165) is 0 Å². The van der Waals surface area contributed by atoms with E-state index in [2.05, 4.69) is 9.97 Å². The molecule has 0 radical (unpaired) electrons. The Morgan fingerprint density at radius 1 is 1.04 bits per heavy atom. The second kappa shape index (κ2) is 7.54. The SMILES string of the molecule is Nc1ccc2c(S(=O)(=O)[O-])c(-c3nc(Cl)nc(Cl)c3Cl)ccc2c1.[Na+]. The molecule has 2 aromatic carbocycles. The minimum atomic E-state index is -4.86. The number of hydrogen-bond acceptors (Lipinski definition) is 6. The molecular formula is C14H7Cl3N3NaO3S. The zero-order valence-electron chi connectivity index (χ0n) is 12.6. The number of halogens is 3. The van der Waals surface area contributed by atoms with Gasteiger partial charge in [-0.25, -0.2) is 18.4 Å². The summed E-state index contributed by atoms with van der Waals surface area (Å²) in [6, 6.07) is 7.47. The van der Waals surface area contributed by atoms with Gasteiger partial charge < -0.3 is 10.3 Å². The molecule has 124 valence electrons. The quantitative estimate of drug-likeness (QED) is 0.213. The first kappa shape index (κ1) is 20.7. The fraction of sp³-hybridized carbons (Fsp3) is 0. The zero-order valence-corrected chi connectivity index (χ0v) is 17.7. The molecule has 3 rings (SSSR count). The summed E-state index contributed by atoms with van der Waals surface area (Å²) in [4.78, 5) is 7.10. The van der Waals surface area contributed by atoms with Crippen molar-refractivity contribution in [2.75, 3.05) is 5.73 Å². The van der Waals surface area contributed by atoms with Crippen molar-refractivity contribution in [1.82, 2.24) is 9.97 Å². The van der Waals surface area contributed by atoms with Crippen LogP contribution in [-0.2, 0) is 10.1 Å². The van der Waals surface area contributed by atoms with Crippen LogP contribution in [0.5, 0.6) is 0 Å². The molecule has 0 spiro atoms. The third-order valence-corrected chi connectivity index (χ3v) is 5.12. The smallest absolute Gasteiger partial charge is 0.744 e. The first-order valence-corrected chi connectivity index (χ1v) is 8.90. The number of nitrogen functional groups attached to an aromatic ring is 1. The Kier molecular flexibility index (Phi) is 6.23. The van der Waals surface area contributed by atoms with Crippen LogP contribution in [0.25, 0.3) is 22.0 Å². The third kappa shape index (κ3) is 4.04. The minimum Gasteiger partial charge on any atom is -0.744 e. The molecule has 0 atom stereocenters. The predicted molar refractivity (Wildman–Crippen MR) is 92.4 cm³/mol. The van der Waals surface area contributed by atoms with Gasteiger partial charge in [0, 0.05) is 16.6 Å². The van der Waals surface area contributed by atoms with E-state index in [0.29, 0.717) is 11.1 Å². The Morgan fingerprint density at radius 2 is 1.72 bits per heavy atom. The normalized spacial score (nSPS) is 11.4. The molecule has 11 heteroatoms. The molecule has 6 nitrogen and oxygen atoms in total. The van der Waals surface area contributed by atoms with Crippen LogP contribution in [-0.4, -0.2) is 22.9 Å². The maximum atomic E-state index is 11.9. The average molecular weight is 427 g/mol. The van der Waals surface area contributed by atoms with Crippen molar-refractivity contribution in [2.45, 2.75) is 4.90 Å². The van der Waals surface area contributed by atoms with Crippen molar-refractivity contribution in [2.24, 2.45) is 0 Å². The van der Waals surface area contributed by atoms with Crippen molar-refractivity contribution < 1.29 is 42.5 Å². The minimum absolute atomic E-state index is 0. The Balaban J connectivity index is 0.00000225. The zero-order chi connectivity index (χ0) is 17.6. The fourth-order valence-corrected chi connectivity index (χ4v) is 3.81. The summed E-state index contributed by atoms with van der Waals surface area (Å²) < 4.78 is 35.6. The molecule has 0 aliphatic heterocycles. The van der Waals surface area contributed by atoms with Gasteiger partial charge in [0.25, 0.3) is 0 Å². The standard InChI is InChI=1S/C14H8Cl3N3O3S.Na/c15-10-11(19-14(17)20-13(10)16)9-3-1-6-5-7(18)2-4-8(6)12(9)24(21,22)23;/h1-5H,18H2,(H,21,22,23);/q;+1/p-1. The Hall–Kier alpha value is -0.640. The monoisotopic (exact) mass is 425 g/mol. The van der Waals surface area contributed by atoms with E-state index in [-0.39, 0.29) is 61.7 Å². The van der Waals surface area contributed by atoms with Gasteiger partial charge in [-0.3, -0.25) is 0 Å². The van der Waals surface area contributed by atoms with Gasteiger partial charge in [0.05, 0.1) is 10.6 Å². The largest absolute Gasteiger partial charge is 1.00 e. The fourth-order valence-electron chi connectivity index (χ4n) is 2.35. The van der Waals surface area contributed by atoms with Crippen molar-refractivity contribution in [1.29, 1.82) is 0 Å². The third-order valence-electron chi connectivity index (χ3n) is 3.28. The number of benzene rings is 2. The van der Waals surface area contributed by atoms with Crippen LogP contribution in [0.3, 0.4) is 0 Å². The van der Waals surface area contributed by atoms with Crippen LogP contribution in [0.4, 0.5) is 5.69 Å². The van der Waals surface area contributed by atoms with E-state index in [1.54, 1.807) is 12.1 Å². The Bertz CT molecular complexity index is 1090. The number of hydrogen-bond donors (Lipinski definition) is 1. The molecule has 3 aromatic rings. The maximum Gasteiger partial charge on any atom is 1.00 e. The molecule has 2 N–H and O–H groups in total. The van der Waals surface area contributed by atoms with Crippen LogP contribution in [0.15, 0.2) is 35.2 Å². The second-order valence-electron chi connectivity index (χ2n) is 4.82. The van der Waals surface area contributed by atoms with Gasteiger partial charge in [-0.2, -0.15) is 0 Å². The Labute approximate surface area is 180 Å². The van der Waals surface area contributed by atoms with Crippen LogP contribution in [0, 0.1) is 0 Å². The summed E-state index contributed by atoms with van der Waals surface area (Å²) in [5.41, 5.74) is 6.06. The molecule has 0 bridgehead atoms. The maximum absolute atomic E-state index is 11.9. The molecule has 0 amide bonds. The molecule has 1 heterocycles. The van der Waals surface area contributed by atoms with Crippen molar-refractivity contribution >= 4 is 61.4 Å². The molecule has 0 saturated heterocycles. The first-order valence-electron chi connectivity index (χ1n) is 6.35. The van der Waals surface area contributed by atoms with Gasteiger partial charge in [0.15, 0.2) is 5.15 Å². The topological polar surface area (TPSA) is 109 Å². The summed E-state index contributed by atoms with van der Waals surface area (Å²) in [5.74, 6) is 0. The van der Waals surface area contributed by atoms with E-state index in [9.17, 15) is 13.0 Å². The van der Waals surface area contributed by atoms with E-state index < -0.39 is 15.0 Å². The summed E-state index contributed by atoms with van der Waals surface area (Å²) in [6.45, 7) is 0. The molecule has 0 fully saturated rings. The van der Waals surface area contributed by atoms with Gasteiger partial charge in [-0.1, -0.05) is 41.4 Å². The molecule has 1 aromatic heterocycles. The summed E-state index contributed by atoms with van der Waals surface area (Å²) >= 11 is 17.7. The van der Waals surface area contributed by atoms with Gasteiger partial charge in [0.2, 0.25) is 5.28 Å². The van der Waals surface area contributed by atoms with Crippen LogP contribution >= 0.6 is 34.8 Å². The van der Waals surface area contributed by atoms with Crippen LogP contribution < -0.4 is 35.3 Å². The molecule has 25 heavy (non-hydrogen) atoms. The molecule has 0 aliphatic rings. The number of aromatic nitrogens is 2. The second-order valence-corrected chi connectivity index (χ2v) is 7.21. The summed E-state index contributed by atoms with van der Waals surface area (Å²) in [6.07, 6.45) is 0. The van der Waals surface area contributed by atoms with E-state index in [1.165, 1.54) is 18.2 Å². The van der Waals surface area contributed by atoms with Crippen molar-refractivity contribution in [3.63, 3.8) is 0 Å². The van der Waals surface area contributed by atoms with E-state index in [4.69, 9.17) is 40.5 Å². The number of rotatable bonds is 2. The summed E-state index contributed by atoms with van der Waals surface area (Å²) in [7, 11) is -4.86. The molecular weight excluding hydrogens is 420 g/mol. The number of anilines is 1. The average Bonchev–Trinajstić information content (AvgIpc) is 2.48. The molecule has 0 saturated carbocycles. The van der Waals surface area contributed by atoms with E-state index in [1.807, 2.05) is 0 Å². The Morgan fingerprint density at radius 3 is 2.36 bits per heavy atom. The summed E-state index contributed by atoms with van der Waals surface area (Å²) in [5, 5.41) is 0.180. The van der Waals surface area contributed by atoms with Gasteiger partial charge in [0.1, 0.15) is 15.1 Å². The molecule has 0 aliphatic carbocycles. The number of nitrogens with zero attached hydrogens (tertiary/aromatic N) is 2. The van der Waals surface area contributed by atoms with Crippen molar-refractivity contribution in [3.05, 3.63) is 45.8 Å². The van der Waals surface area contributed by atoms with Gasteiger partial charge >= 0.3 is 29.6 Å². The van der Waals surface area contributed by atoms with Crippen LogP contribution in [0.1, 0.15) is 0 Å².